The summed E-state index contributed by atoms with van der Waals surface area (Å²) in [6.45, 7) is 1.22. The van der Waals surface area contributed by atoms with Crippen LogP contribution in [0.25, 0.3) is 0 Å². The lowest BCUT2D eigenvalue weighted by molar-refractivity contribution is -0.128. The van der Waals surface area contributed by atoms with E-state index in [0.29, 0.717) is 19.4 Å². The van der Waals surface area contributed by atoms with E-state index in [1.807, 2.05) is 0 Å². The Morgan fingerprint density at radius 1 is 1.39 bits per heavy atom. The quantitative estimate of drug-likeness (QED) is 0.743. The van der Waals surface area contributed by atoms with Gasteiger partial charge in [-0.2, -0.15) is 0 Å². The molecule has 2 aliphatic rings. The van der Waals surface area contributed by atoms with Crippen molar-refractivity contribution in [3.8, 4) is 0 Å². The summed E-state index contributed by atoms with van der Waals surface area (Å²) in [7, 11) is 0. The van der Waals surface area contributed by atoms with Gasteiger partial charge < -0.3 is 10.6 Å². The summed E-state index contributed by atoms with van der Waals surface area (Å²) in [4.78, 5) is 22.9. The summed E-state index contributed by atoms with van der Waals surface area (Å²) < 4.78 is 0. The van der Waals surface area contributed by atoms with Crippen LogP contribution in [0.4, 0.5) is 0 Å². The zero-order chi connectivity index (χ0) is 12.8. The molecule has 0 aromatic heterocycles. The van der Waals surface area contributed by atoms with Crippen LogP contribution < -0.4 is 10.6 Å². The number of piperidine rings is 1. The van der Waals surface area contributed by atoms with Gasteiger partial charge in [-0.1, -0.05) is 11.6 Å². The fraction of sp³-hybridized carbons (Fsp3) is 0.714. The smallest absolute Gasteiger partial charge is 0.224 e. The Kier molecular flexibility index (Phi) is 4.79. The molecule has 2 amide bonds. The average Bonchev–Trinajstić information content (AvgIpc) is 2.40. The first-order valence-corrected chi connectivity index (χ1v) is 6.98. The molecule has 1 aliphatic carbocycles. The Bertz CT molecular complexity index is 340. The molecule has 4 nitrogen and oxygen atoms in total. The molecule has 1 fully saturated rings. The van der Waals surface area contributed by atoms with E-state index < -0.39 is 0 Å². The molecule has 2 rings (SSSR count). The third-order valence-corrected chi connectivity index (χ3v) is 3.77. The van der Waals surface area contributed by atoms with Crippen molar-refractivity contribution in [1.82, 2.24) is 10.6 Å². The molecule has 2 N–H and O–H groups in total. The molecule has 1 unspecified atom stereocenters. The van der Waals surface area contributed by atoms with Gasteiger partial charge >= 0.3 is 0 Å². The lowest BCUT2D eigenvalue weighted by Crippen LogP contribution is -2.43. The second-order valence-corrected chi connectivity index (χ2v) is 5.19. The third-order valence-electron chi connectivity index (χ3n) is 3.77. The Labute approximate surface area is 108 Å². The van der Waals surface area contributed by atoms with E-state index in [0.717, 1.165) is 13.0 Å². The van der Waals surface area contributed by atoms with Crippen LogP contribution in [0.3, 0.4) is 0 Å². The number of carbonyl (C=O) groups is 2. The Morgan fingerprint density at radius 3 is 2.94 bits per heavy atom. The molecule has 0 aromatic rings. The van der Waals surface area contributed by atoms with Crippen LogP contribution in [0.1, 0.15) is 44.9 Å². The number of amides is 2. The third kappa shape index (κ3) is 3.86. The number of carbonyl (C=O) groups excluding carboxylic acids is 2. The van der Waals surface area contributed by atoms with Gasteiger partial charge in [-0.05, 0) is 38.5 Å². The topological polar surface area (TPSA) is 58.2 Å². The highest BCUT2D eigenvalue weighted by atomic mass is 16.2. The minimum atomic E-state index is -0.0389. The number of hydrogen-bond acceptors (Lipinski definition) is 2. The average molecular weight is 250 g/mol. The zero-order valence-corrected chi connectivity index (χ0v) is 10.8. The molecule has 0 aromatic carbocycles. The molecular weight excluding hydrogens is 228 g/mol. The van der Waals surface area contributed by atoms with Crippen LogP contribution in [0, 0.1) is 5.92 Å². The molecule has 1 saturated heterocycles. The molecule has 4 heteroatoms. The second-order valence-electron chi connectivity index (χ2n) is 5.19. The predicted molar refractivity (Wildman–Crippen MR) is 69.9 cm³/mol. The minimum absolute atomic E-state index is 0.0389. The van der Waals surface area contributed by atoms with Crippen molar-refractivity contribution in [2.24, 2.45) is 5.92 Å². The molecule has 1 heterocycles. The largest absolute Gasteiger partial charge is 0.355 e. The van der Waals surface area contributed by atoms with Crippen molar-refractivity contribution in [2.75, 3.05) is 13.1 Å². The maximum absolute atomic E-state index is 11.9. The van der Waals surface area contributed by atoms with Crippen LogP contribution in [0.2, 0.25) is 0 Å². The summed E-state index contributed by atoms with van der Waals surface area (Å²) in [5, 5.41) is 5.73. The molecule has 0 spiro atoms. The first-order chi connectivity index (χ1) is 8.75. The highest BCUT2D eigenvalue weighted by Crippen LogP contribution is 2.19. The Hall–Kier alpha value is -1.32. The SMILES string of the molecule is O=C1CCC(C(=O)NCCC2=CCCCC2)CN1. The van der Waals surface area contributed by atoms with E-state index in [4.69, 9.17) is 0 Å². The summed E-state index contributed by atoms with van der Waals surface area (Å²) in [5.74, 6) is 0.112. The van der Waals surface area contributed by atoms with Crippen LogP contribution in [-0.4, -0.2) is 24.9 Å². The molecule has 18 heavy (non-hydrogen) atoms. The molecular formula is C14H22N2O2. The lowest BCUT2D eigenvalue weighted by atomic mass is 9.96. The van der Waals surface area contributed by atoms with Crippen molar-refractivity contribution in [2.45, 2.75) is 44.9 Å². The van der Waals surface area contributed by atoms with Crippen LogP contribution in [-0.2, 0) is 9.59 Å². The highest BCUT2D eigenvalue weighted by molar-refractivity contribution is 5.83. The number of hydrogen-bond donors (Lipinski definition) is 2. The summed E-state index contributed by atoms with van der Waals surface area (Å²) in [6, 6.07) is 0. The van der Waals surface area contributed by atoms with Gasteiger partial charge in [0.15, 0.2) is 0 Å². The number of nitrogens with one attached hydrogen (secondary N) is 2. The van der Waals surface area contributed by atoms with Gasteiger partial charge in [-0.3, -0.25) is 9.59 Å². The van der Waals surface area contributed by atoms with E-state index in [1.54, 1.807) is 0 Å². The number of allylic oxidation sites excluding steroid dienone is 1. The standard InChI is InChI=1S/C14H22N2O2/c17-13-7-6-12(10-16-13)14(18)15-9-8-11-4-2-1-3-5-11/h4,12H,1-3,5-10H2,(H,15,18)(H,16,17). The van der Waals surface area contributed by atoms with E-state index in [-0.39, 0.29) is 17.7 Å². The molecule has 1 atom stereocenters. The van der Waals surface area contributed by atoms with E-state index >= 15 is 0 Å². The first kappa shape index (κ1) is 13.1. The van der Waals surface area contributed by atoms with Gasteiger partial charge in [-0.15, -0.1) is 0 Å². The van der Waals surface area contributed by atoms with Crippen molar-refractivity contribution >= 4 is 11.8 Å². The maximum atomic E-state index is 11.9. The predicted octanol–water partition coefficient (Wildman–Crippen LogP) is 1.52. The van der Waals surface area contributed by atoms with E-state index in [2.05, 4.69) is 16.7 Å². The van der Waals surface area contributed by atoms with Crippen molar-refractivity contribution in [3.63, 3.8) is 0 Å². The second kappa shape index (κ2) is 6.57. The molecule has 100 valence electrons. The minimum Gasteiger partial charge on any atom is -0.355 e. The van der Waals surface area contributed by atoms with E-state index in [1.165, 1.54) is 31.3 Å². The first-order valence-electron chi connectivity index (χ1n) is 6.98. The normalized spacial score (nSPS) is 24.1. The summed E-state index contributed by atoms with van der Waals surface area (Å²) in [6.07, 6.45) is 9.42. The monoisotopic (exact) mass is 250 g/mol. The Morgan fingerprint density at radius 2 is 2.28 bits per heavy atom. The molecule has 0 saturated carbocycles. The van der Waals surface area contributed by atoms with Crippen LogP contribution in [0.15, 0.2) is 11.6 Å². The van der Waals surface area contributed by atoms with Gasteiger partial charge in [-0.25, -0.2) is 0 Å². The van der Waals surface area contributed by atoms with Gasteiger partial charge in [0.2, 0.25) is 11.8 Å². The van der Waals surface area contributed by atoms with Gasteiger partial charge in [0.1, 0.15) is 0 Å². The van der Waals surface area contributed by atoms with Gasteiger partial charge in [0.25, 0.3) is 0 Å². The van der Waals surface area contributed by atoms with Crippen molar-refractivity contribution < 1.29 is 9.59 Å². The van der Waals surface area contributed by atoms with Crippen LogP contribution in [0.5, 0.6) is 0 Å². The molecule has 0 bridgehead atoms. The highest BCUT2D eigenvalue weighted by Gasteiger charge is 2.23. The van der Waals surface area contributed by atoms with Crippen LogP contribution >= 0.6 is 0 Å². The fourth-order valence-electron chi connectivity index (χ4n) is 2.58. The van der Waals surface area contributed by atoms with E-state index in [9.17, 15) is 9.59 Å². The summed E-state index contributed by atoms with van der Waals surface area (Å²) in [5.41, 5.74) is 1.48. The maximum Gasteiger partial charge on any atom is 0.224 e. The van der Waals surface area contributed by atoms with Gasteiger partial charge in [0, 0.05) is 19.5 Å². The molecule has 1 aliphatic heterocycles. The molecule has 0 radical (unpaired) electrons. The van der Waals surface area contributed by atoms with Gasteiger partial charge in [0.05, 0.1) is 5.92 Å². The summed E-state index contributed by atoms with van der Waals surface area (Å²) >= 11 is 0. The zero-order valence-electron chi connectivity index (χ0n) is 10.8. The van der Waals surface area contributed by atoms with Crippen molar-refractivity contribution in [1.29, 1.82) is 0 Å². The lowest BCUT2D eigenvalue weighted by Gasteiger charge is -2.22. The number of rotatable bonds is 4. The van der Waals surface area contributed by atoms with Crippen molar-refractivity contribution in [3.05, 3.63) is 11.6 Å². The Balaban J connectivity index is 1.65. The fourth-order valence-corrected chi connectivity index (χ4v) is 2.58.